The highest BCUT2D eigenvalue weighted by Gasteiger charge is 2.36. The standard InChI is InChI=1S/C21H29FN2O2/c1-14(2)19(23-20(25)16-7-9-18(22)10-8-16)21(26)24-12-11-15-5-3-4-6-17(15)13-24/h7-10,14-15,17,19H,3-6,11-13H2,1-2H3,(H,23,25)/t15-,17-,19+/m1/s1. The number of halogens is 1. The van der Waals surface area contributed by atoms with E-state index in [1.54, 1.807) is 0 Å². The zero-order chi connectivity index (χ0) is 18.7. The Labute approximate surface area is 155 Å². The molecule has 0 radical (unpaired) electrons. The van der Waals surface area contributed by atoms with Gasteiger partial charge in [0.05, 0.1) is 0 Å². The highest BCUT2D eigenvalue weighted by Crippen LogP contribution is 2.36. The van der Waals surface area contributed by atoms with Crippen LogP contribution in [0.4, 0.5) is 4.39 Å². The molecule has 5 heteroatoms. The first kappa shape index (κ1) is 18.9. The van der Waals surface area contributed by atoms with Crippen molar-refractivity contribution in [1.29, 1.82) is 0 Å². The molecule has 0 unspecified atom stereocenters. The quantitative estimate of drug-likeness (QED) is 0.892. The molecule has 0 spiro atoms. The molecule has 1 aliphatic carbocycles. The molecular formula is C21H29FN2O2. The average molecular weight is 360 g/mol. The van der Waals surface area contributed by atoms with Gasteiger partial charge in [-0.15, -0.1) is 0 Å². The van der Waals surface area contributed by atoms with Crippen LogP contribution in [0.25, 0.3) is 0 Å². The molecular weight excluding hydrogens is 331 g/mol. The van der Waals surface area contributed by atoms with E-state index in [1.165, 1.54) is 49.9 Å². The molecule has 3 atom stereocenters. The Kier molecular flexibility index (Phi) is 5.94. The molecule has 1 aliphatic heterocycles. The summed E-state index contributed by atoms with van der Waals surface area (Å²) in [6.07, 6.45) is 6.16. The molecule has 1 aromatic rings. The van der Waals surface area contributed by atoms with Crippen LogP contribution in [0.1, 0.15) is 56.3 Å². The predicted molar refractivity (Wildman–Crippen MR) is 99.1 cm³/mol. The highest BCUT2D eigenvalue weighted by atomic mass is 19.1. The molecule has 26 heavy (non-hydrogen) atoms. The lowest BCUT2D eigenvalue weighted by Gasteiger charge is -2.42. The Hall–Kier alpha value is -1.91. The molecule has 1 heterocycles. The molecule has 1 N–H and O–H groups in total. The molecule has 2 aliphatic rings. The number of nitrogens with one attached hydrogen (secondary N) is 1. The van der Waals surface area contributed by atoms with E-state index in [-0.39, 0.29) is 23.5 Å². The first-order chi connectivity index (χ1) is 12.5. The molecule has 142 valence electrons. The summed E-state index contributed by atoms with van der Waals surface area (Å²) in [6, 6.07) is 4.86. The van der Waals surface area contributed by atoms with Crippen molar-refractivity contribution in [3.63, 3.8) is 0 Å². The number of fused-ring (bicyclic) bond motifs is 1. The van der Waals surface area contributed by atoms with E-state index < -0.39 is 6.04 Å². The summed E-state index contributed by atoms with van der Waals surface area (Å²) in [7, 11) is 0. The second-order valence-corrected chi connectivity index (χ2v) is 8.08. The maximum absolute atomic E-state index is 13.1. The summed E-state index contributed by atoms with van der Waals surface area (Å²) in [5.74, 6) is 0.676. The molecule has 2 fully saturated rings. The fourth-order valence-electron chi connectivity index (χ4n) is 4.34. The van der Waals surface area contributed by atoms with Gasteiger partial charge in [-0.2, -0.15) is 0 Å². The number of rotatable bonds is 4. The minimum absolute atomic E-state index is 0.00372. The predicted octanol–water partition coefficient (Wildman–Crippen LogP) is 3.62. The van der Waals surface area contributed by atoms with Crippen molar-refractivity contribution < 1.29 is 14.0 Å². The highest BCUT2D eigenvalue weighted by molar-refractivity contribution is 5.97. The number of benzene rings is 1. The van der Waals surface area contributed by atoms with Gasteiger partial charge >= 0.3 is 0 Å². The molecule has 3 rings (SSSR count). The van der Waals surface area contributed by atoms with Gasteiger partial charge in [0, 0.05) is 18.7 Å². The van der Waals surface area contributed by atoms with Crippen molar-refractivity contribution in [3.05, 3.63) is 35.6 Å². The number of amides is 2. The zero-order valence-corrected chi connectivity index (χ0v) is 15.7. The number of carbonyl (C=O) groups excluding carboxylic acids is 2. The molecule has 2 amide bonds. The second kappa shape index (κ2) is 8.19. The van der Waals surface area contributed by atoms with Gasteiger partial charge in [-0.3, -0.25) is 9.59 Å². The molecule has 4 nitrogen and oxygen atoms in total. The van der Waals surface area contributed by atoms with Gasteiger partial charge < -0.3 is 10.2 Å². The Balaban J connectivity index is 1.66. The summed E-state index contributed by atoms with van der Waals surface area (Å²) in [5.41, 5.74) is 0.371. The van der Waals surface area contributed by atoms with Gasteiger partial charge in [0.15, 0.2) is 0 Å². The lowest BCUT2D eigenvalue weighted by molar-refractivity contribution is -0.137. The van der Waals surface area contributed by atoms with Crippen molar-refractivity contribution in [2.45, 2.75) is 52.0 Å². The van der Waals surface area contributed by atoms with Crippen LogP contribution in [0.5, 0.6) is 0 Å². The smallest absolute Gasteiger partial charge is 0.251 e. The van der Waals surface area contributed by atoms with Gasteiger partial charge in [0.25, 0.3) is 5.91 Å². The number of carbonyl (C=O) groups is 2. The van der Waals surface area contributed by atoms with Gasteiger partial charge in [0.1, 0.15) is 11.9 Å². The van der Waals surface area contributed by atoms with Crippen molar-refractivity contribution in [3.8, 4) is 0 Å². The first-order valence-corrected chi connectivity index (χ1v) is 9.81. The fourth-order valence-corrected chi connectivity index (χ4v) is 4.34. The van der Waals surface area contributed by atoms with E-state index in [1.807, 2.05) is 18.7 Å². The van der Waals surface area contributed by atoms with Crippen molar-refractivity contribution in [2.75, 3.05) is 13.1 Å². The van der Waals surface area contributed by atoms with E-state index in [4.69, 9.17) is 0 Å². The monoisotopic (exact) mass is 360 g/mol. The second-order valence-electron chi connectivity index (χ2n) is 8.08. The summed E-state index contributed by atoms with van der Waals surface area (Å²) < 4.78 is 13.1. The van der Waals surface area contributed by atoms with E-state index >= 15 is 0 Å². The number of hydrogen-bond acceptors (Lipinski definition) is 2. The van der Waals surface area contributed by atoms with Crippen LogP contribution in [-0.2, 0) is 4.79 Å². The SMILES string of the molecule is CC(C)[C@H](NC(=O)c1ccc(F)cc1)C(=O)N1CC[C@H]2CCCC[C@@H]2C1. The Morgan fingerprint density at radius 2 is 1.73 bits per heavy atom. The molecule has 1 saturated carbocycles. The van der Waals surface area contributed by atoms with Crippen LogP contribution >= 0.6 is 0 Å². The van der Waals surface area contributed by atoms with Crippen LogP contribution in [0.15, 0.2) is 24.3 Å². The lowest BCUT2D eigenvalue weighted by Crippen LogP contribution is -2.54. The van der Waals surface area contributed by atoms with Crippen LogP contribution in [0.2, 0.25) is 0 Å². The third-order valence-electron chi connectivity index (χ3n) is 5.93. The third kappa shape index (κ3) is 4.25. The van der Waals surface area contributed by atoms with E-state index in [0.29, 0.717) is 11.5 Å². The molecule has 1 aromatic carbocycles. The van der Waals surface area contributed by atoms with Crippen LogP contribution in [0.3, 0.4) is 0 Å². The molecule has 1 saturated heterocycles. The summed E-state index contributed by atoms with van der Waals surface area (Å²) in [6.45, 7) is 5.50. The van der Waals surface area contributed by atoms with E-state index in [2.05, 4.69) is 5.32 Å². The first-order valence-electron chi connectivity index (χ1n) is 9.81. The number of hydrogen-bond donors (Lipinski definition) is 1. The maximum atomic E-state index is 13.1. The summed E-state index contributed by atoms with van der Waals surface area (Å²) in [4.78, 5) is 27.5. The van der Waals surface area contributed by atoms with Gasteiger partial charge in [-0.25, -0.2) is 4.39 Å². The third-order valence-corrected chi connectivity index (χ3v) is 5.93. The summed E-state index contributed by atoms with van der Waals surface area (Å²) in [5, 5.41) is 2.87. The molecule has 0 bridgehead atoms. The van der Waals surface area contributed by atoms with Crippen LogP contribution < -0.4 is 5.32 Å². The van der Waals surface area contributed by atoms with Crippen LogP contribution in [-0.4, -0.2) is 35.8 Å². The lowest BCUT2D eigenvalue weighted by atomic mass is 9.75. The minimum Gasteiger partial charge on any atom is -0.341 e. The summed E-state index contributed by atoms with van der Waals surface area (Å²) >= 11 is 0. The maximum Gasteiger partial charge on any atom is 0.251 e. The van der Waals surface area contributed by atoms with E-state index in [9.17, 15) is 14.0 Å². The zero-order valence-electron chi connectivity index (χ0n) is 15.7. The number of piperidine rings is 1. The number of nitrogens with zero attached hydrogens (tertiary/aromatic N) is 1. The number of likely N-dealkylation sites (tertiary alicyclic amines) is 1. The Morgan fingerprint density at radius 3 is 2.38 bits per heavy atom. The Morgan fingerprint density at radius 1 is 1.08 bits per heavy atom. The van der Waals surface area contributed by atoms with Gasteiger partial charge in [-0.1, -0.05) is 33.1 Å². The fraction of sp³-hybridized carbons (Fsp3) is 0.619. The normalized spacial score (nSPS) is 24.1. The molecule has 0 aromatic heterocycles. The van der Waals surface area contributed by atoms with Gasteiger partial charge in [0.2, 0.25) is 5.91 Å². The van der Waals surface area contributed by atoms with Gasteiger partial charge in [-0.05, 0) is 54.9 Å². The van der Waals surface area contributed by atoms with E-state index in [0.717, 1.165) is 25.4 Å². The topological polar surface area (TPSA) is 49.4 Å². The van der Waals surface area contributed by atoms with Crippen molar-refractivity contribution >= 4 is 11.8 Å². The minimum atomic E-state index is -0.548. The Bertz CT molecular complexity index is 644. The largest absolute Gasteiger partial charge is 0.341 e. The van der Waals surface area contributed by atoms with Crippen LogP contribution in [0, 0.1) is 23.6 Å². The average Bonchev–Trinajstić information content (AvgIpc) is 2.65. The van der Waals surface area contributed by atoms with Crippen molar-refractivity contribution in [1.82, 2.24) is 10.2 Å². The van der Waals surface area contributed by atoms with Crippen molar-refractivity contribution in [2.24, 2.45) is 17.8 Å².